The molecule has 0 saturated heterocycles. The summed E-state index contributed by atoms with van der Waals surface area (Å²) in [6.07, 6.45) is 0.879. The van der Waals surface area contributed by atoms with Crippen LogP contribution in [0.2, 0.25) is 0 Å². The smallest absolute Gasteiger partial charge is 0.160 e. The van der Waals surface area contributed by atoms with Crippen molar-refractivity contribution in [2.75, 3.05) is 0 Å². The molecule has 3 heteroatoms. The van der Waals surface area contributed by atoms with Crippen LogP contribution in [0.5, 0.6) is 0 Å². The number of fused-ring (bicyclic) bond motifs is 6. The molecule has 0 spiro atoms. The highest BCUT2D eigenvalue weighted by atomic mass is 15.0. The van der Waals surface area contributed by atoms with Gasteiger partial charge in [0.25, 0.3) is 0 Å². The third kappa shape index (κ3) is 5.36. The van der Waals surface area contributed by atoms with Crippen molar-refractivity contribution in [3.05, 3.63) is 211 Å². The van der Waals surface area contributed by atoms with Crippen molar-refractivity contribution in [1.29, 1.82) is 0 Å². The molecule has 0 atom stereocenters. The molecule has 0 amide bonds. The lowest BCUT2D eigenvalue weighted by molar-refractivity contribution is 1.18. The average Bonchev–Trinajstić information content (AvgIpc) is 3.83. The molecule has 0 N–H and O–H groups in total. The lowest BCUT2D eigenvalue weighted by atomic mass is 9.90. The minimum absolute atomic E-state index is 0.723. The molecule has 2 aromatic heterocycles. The third-order valence-electron chi connectivity index (χ3n) is 11.2. The average molecular weight is 714 g/mol. The van der Waals surface area contributed by atoms with Gasteiger partial charge in [-0.3, -0.25) is 0 Å². The second-order valence-corrected chi connectivity index (χ2v) is 14.6. The van der Waals surface area contributed by atoms with Crippen molar-refractivity contribution in [1.82, 2.24) is 14.5 Å². The van der Waals surface area contributed by atoms with Gasteiger partial charge in [0.15, 0.2) is 5.82 Å². The Bertz CT molecular complexity index is 3020. The molecule has 2 heterocycles. The van der Waals surface area contributed by atoms with E-state index in [9.17, 15) is 0 Å². The highest BCUT2D eigenvalue weighted by Gasteiger charge is 2.27. The van der Waals surface area contributed by atoms with E-state index in [1.165, 1.54) is 66.3 Å². The van der Waals surface area contributed by atoms with Gasteiger partial charge in [0.05, 0.1) is 22.4 Å². The van der Waals surface area contributed by atoms with Crippen LogP contribution < -0.4 is 0 Å². The Hall–Kier alpha value is -7.36. The van der Waals surface area contributed by atoms with Crippen molar-refractivity contribution in [3.63, 3.8) is 0 Å². The third-order valence-corrected chi connectivity index (χ3v) is 11.2. The van der Waals surface area contributed by atoms with Crippen molar-refractivity contribution >= 4 is 21.8 Å². The van der Waals surface area contributed by atoms with Crippen molar-refractivity contribution < 1.29 is 0 Å². The standard InChI is InChI=1S/C53H35N3/c1-5-15-35(16-6-1)38-27-29-49-45(32-38)46-33-39(28-30-50(46)56(49)42-23-11-4-12-24-42)43-25-13-21-40-31-41-22-14-26-44(52(41)51(40)43)48-34-47(36-17-7-2-8-18-36)54-53(55-48)37-19-9-3-10-20-37/h1-30,32-34H,31H2. The number of hydrogen-bond acceptors (Lipinski definition) is 2. The predicted molar refractivity (Wildman–Crippen MR) is 232 cm³/mol. The first-order chi connectivity index (χ1) is 27.8. The SMILES string of the molecule is c1ccc(-c2ccc3c(c2)c2cc(-c4cccc5c4-c4c(cccc4-c4cc(-c6ccccc6)nc(-c6ccccc6)n4)C5)ccc2n3-c2ccccc2)cc1. The fourth-order valence-electron chi connectivity index (χ4n) is 8.66. The second kappa shape index (κ2) is 13.2. The summed E-state index contributed by atoms with van der Waals surface area (Å²) >= 11 is 0. The lowest BCUT2D eigenvalue weighted by Gasteiger charge is -2.16. The maximum Gasteiger partial charge on any atom is 0.160 e. The molecule has 0 radical (unpaired) electrons. The summed E-state index contributed by atoms with van der Waals surface area (Å²) < 4.78 is 2.40. The molecule has 10 aromatic rings. The number of hydrogen-bond donors (Lipinski definition) is 0. The summed E-state index contributed by atoms with van der Waals surface area (Å²) in [6.45, 7) is 0. The van der Waals surface area contributed by atoms with E-state index in [0.717, 1.165) is 46.0 Å². The van der Waals surface area contributed by atoms with Gasteiger partial charge in [-0.25, -0.2) is 9.97 Å². The molecule has 0 fully saturated rings. The Balaban J connectivity index is 1.12. The molecule has 0 bridgehead atoms. The highest BCUT2D eigenvalue weighted by molar-refractivity contribution is 6.12. The Morgan fingerprint density at radius 1 is 0.357 bits per heavy atom. The zero-order valence-electron chi connectivity index (χ0n) is 30.6. The fraction of sp³-hybridized carbons (Fsp3) is 0.0189. The summed E-state index contributed by atoms with van der Waals surface area (Å²) in [6, 6.07) is 71.7. The van der Waals surface area contributed by atoms with Crippen LogP contribution in [0.1, 0.15) is 11.1 Å². The summed E-state index contributed by atoms with van der Waals surface area (Å²) in [5, 5.41) is 2.47. The van der Waals surface area contributed by atoms with E-state index in [1.807, 2.05) is 24.3 Å². The van der Waals surface area contributed by atoms with Crippen LogP contribution in [-0.4, -0.2) is 14.5 Å². The minimum atomic E-state index is 0.723. The van der Waals surface area contributed by atoms with E-state index in [4.69, 9.17) is 9.97 Å². The molecular formula is C53H35N3. The largest absolute Gasteiger partial charge is 0.309 e. The van der Waals surface area contributed by atoms with Gasteiger partial charge in [-0.15, -0.1) is 0 Å². The molecule has 1 aliphatic rings. The van der Waals surface area contributed by atoms with Crippen LogP contribution in [0.4, 0.5) is 0 Å². The summed E-state index contributed by atoms with van der Waals surface area (Å²) in [4.78, 5) is 10.4. The molecular weight excluding hydrogens is 679 g/mol. The first kappa shape index (κ1) is 32.1. The first-order valence-electron chi connectivity index (χ1n) is 19.2. The van der Waals surface area contributed by atoms with Gasteiger partial charge in [-0.2, -0.15) is 0 Å². The molecule has 56 heavy (non-hydrogen) atoms. The number of para-hydroxylation sites is 1. The molecule has 0 saturated carbocycles. The molecule has 8 aromatic carbocycles. The minimum Gasteiger partial charge on any atom is -0.309 e. The van der Waals surface area contributed by atoms with E-state index in [1.54, 1.807) is 0 Å². The zero-order chi connectivity index (χ0) is 37.0. The monoisotopic (exact) mass is 713 g/mol. The van der Waals surface area contributed by atoms with E-state index in [0.29, 0.717) is 0 Å². The number of aromatic nitrogens is 3. The molecule has 0 aliphatic heterocycles. The second-order valence-electron chi connectivity index (χ2n) is 14.6. The summed E-state index contributed by atoms with van der Waals surface area (Å²) in [7, 11) is 0. The van der Waals surface area contributed by atoms with Crippen molar-refractivity contribution in [2.24, 2.45) is 0 Å². The zero-order valence-corrected chi connectivity index (χ0v) is 30.6. The van der Waals surface area contributed by atoms with Gasteiger partial charge < -0.3 is 4.57 Å². The first-order valence-corrected chi connectivity index (χ1v) is 19.2. The lowest BCUT2D eigenvalue weighted by Crippen LogP contribution is -1.97. The van der Waals surface area contributed by atoms with E-state index < -0.39 is 0 Å². The van der Waals surface area contributed by atoms with Crippen LogP contribution in [0.3, 0.4) is 0 Å². The maximum absolute atomic E-state index is 5.28. The Kier molecular flexibility index (Phi) is 7.56. The van der Waals surface area contributed by atoms with Gasteiger partial charge in [0, 0.05) is 33.2 Å². The Labute approximate surface area is 325 Å². The Morgan fingerprint density at radius 3 is 1.54 bits per heavy atom. The quantitative estimate of drug-likeness (QED) is 0.172. The van der Waals surface area contributed by atoms with Crippen LogP contribution in [0.15, 0.2) is 200 Å². The Morgan fingerprint density at radius 2 is 0.875 bits per heavy atom. The normalized spacial score (nSPS) is 11.9. The van der Waals surface area contributed by atoms with Gasteiger partial charge >= 0.3 is 0 Å². The van der Waals surface area contributed by atoms with Crippen LogP contribution in [0.25, 0.3) is 94.8 Å². The van der Waals surface area contributed by atoms with Crippen LogP contribution >= 0.6 is 0 Å². The molecule has 0 unspecified atom stereocenters. The van der Waals surface area contributed by atoms with Crippen LogP contribution in [0, 0.1) is 0 Å². The van der Waals surface area contributed by atoms with Gasteiger partial charge in [-0.1, -0.05) is 158 Å². The van der Waals surface area contributed by atoms with Crippen LogP contribution in [-0.2, 0) is 6.42 Å². The topological polar surface area (TPSA) is 30.7 Å². The van der Waals surface area contributed by atoms with Gasteiger partial charge in [0.1, 0.15) is 0 Å². The van der Waals surface area contributed by atoms with Crippen molar-refractivity contribution in [2.45, 2.75) is 6.42 Å². The van der Waals surface area contributed by atoms with E-state index >= 15 is 0 Å². The number of nitrogens with zero attached hydrogens (tertiary/aromatic N) is 3. The molecule has 3 nitrogen and oxygen atoms in total. The molecule has 262 valence electrons. The van der Waals surface area contributed by atoms with E-state index in [2.05, 4.69) is 180 Å². The number of benzene rings is 8. The van der Waals surface area contributed by atoms with Crippen molar-refractivity contribution in [3.8, 4) is 73.0 Å². The van der Waals surface area contributed by atoms with Gasteiger partial charge in [-0.05, 0) is 93.4 Å². The van der Waals surface area contributed by atoms with Gasteiger partial charge in [0.2, 0.25) is 0 Å². The number of rotatable bonds is 6. The maximum atomic E-state index is 5.28. The fourth-order valence-corrected chi connectivity index (χ4v) is 8.66. The molecule has 11 rings (SSSR count). The van der Waals surface area contributed by atoms with E-state index in [-0.39, 0.29) is 0 Å². The predicted octanol–water partition coefficient (Wildman–Crippen LogP) is 13.5. The summed E-state index contributed by atoms with van der Waals surface area (Å²) in [5.41, 5.74) is 18.6. The molecule has 1 aliphatic carbocycles. The highest BCUT2D eigenvalue weighted by Crippen LogP contribution is 2.48. The summed E-state index contributed by atoms with van der Waals surface area (Å²) in [5.74, 6) is 0.723.